The maximum atomic E-state index is 13.6. The Hall–Kier alpha value is -3.57. The van der Waals surface area contributed by atoms with Crippen molar-refractivity contribution >= 4 is 34.7 Å². The molecule has 1 aliphatic heterocycles. The van der Waals surface area contributed by atoms with Gasteiger partial charge in [0.2, 0.25) is 0 Å². The van der Waals surface area contributed by atoms with Crippen LogP contribution < -0.4 is 10.1 Å². The first-order valence-corrected chi connectivity index (χ1v) is 11.0. The van der Waals surface area contributed by atoms with E-state index in [1.165, 1.54) is 12.0 Å². The monoisotopic (exact) mass is 460 g/mol. The molecule has 0 radical (unpaired) electrons. The Bertz CT molecular complexity index is 1280. The Labute approximate surface area is 198 Å². The largest absolute Gasteiger partial charge is 0.495 e. The number of hydrogen-bond donors (Lipinski definition) is 1. The van der Waals surface area contributed by atoms with E-state index in [9.17, 15) is 9.59 Å². The van der Waals surface area contributed by atoms with Crippen LogP contribution in [0, 0.1) is 20.8 Å². The topological polar surface area (TPSA) is 58.6 Å². The highest BCUT2D eigenvalue weighted by Gasteiger charge is 2.39. The molecule has 0 fully saturated rings. The third-order valence-corrected chi connectivity index (χ3v) is 6.00. The summed E-state index contributed by atoms with van der Waals surface area (Å²) in [5.41, 5.74) is 5.93. The molecule has 3 aromatic carbocycles. The normalized spacial score (nSPS) is 13.7. The number of aryl methyl sites for hydroxylation is 3. The van der Waals surface area contributed by atoms with Crippen molar-refractivity contribution < 1.29 is 14.3 Å². The molecule has 168 valence electrons. The summed E-state index contributed by atoms with van der Waals surface area (Å²) in [6.07, 6.45) is 0. The average molecular weight is 461 g/mol. The number of ether oxygens (including phenoxy) is 1. The maximum Gasteiger partial charge on any atom is 0.278 e. The van der Waals surface area contributed by atoms with Crippen molar-refractivity contribution in [1.29, 1.82) is 0 Å². The molecule has 0 saturated carbocycles. The summed E-state index contributed by atoms with van der Waals surface area (Å²) in [6.45, 7) is 6.13. The van der Waals surface area contributed by atoms with Crippen LogP contribution in [-0.4, -0.2) is 23.8 Å². The van der Waals surface area contributed by atoms with Gasteiger partial charge in [0.15, 0.2) is 0 Å². The minimum Gasteiger partial charge on any atom is -0.495 e. The number of hydrogen-bond acceptors (Lipinski definition) is 4. The second-order valence-corrected chi connectivity index (χ2v) is 8.63. The van der Waals surface area contributed by atoms with E-state index in [0.29, 0.717) is 22.0 Å². The standard InChI is InChI=1S/C27H25ClN2O3/c1-16-5-8-19(9-6-16)15-30-26(31)24(21-11-7-17(2)13-18(21)3)25(27(30)32)29-20-10-12-23(33-4)22(28)14-20/h5-14,29H,15H2,1-4H3. The third kappa shape index (κ3) is 4.50. The molecule has 1 aliphatic rings. The minimum atomic E-state index is -0.373. The van der Waals surface area contributed by atoms with Gasteiger partial charge in [0.25, 0.3) is 11.8 Å². The van der Waals surface area contributed by atoms with Gasteiger partial charge in [-0.3, -0.25) is 14.5 Å². The highest BCUT2D eigenvalue weighted by molar-refractivity contribution is 6.37. The van der Waals surface area contributed by atoms with Crippen molar-refractivity contribution in [2.24, 2.45) is 0 Å². The van der Waals surface area contributed by atoms with Crippen molar-refractivity contribution in [2.75, 3.05) is 12.4 Å². The van der Waals surface area contributed by atoms with Crippen LogP contribution in [0.25, 0.3) is 5.57 Å². The number of imide groups is 1. The summed E-state index contributed by atoms with van der Waals surface area (Å²) in [4.78, 5) is 28.3. The van der Waals surface area contributed by atoms with Gasteiger partial charge in [-0.05, 0) is 55.7 Å². The van der Waals surface area contributed by atoms with Crippen molar-refractivity contribution in [1.82, 2.24) is 4.90 Å². The van der Waals surface area contributed by atoms with Gasteiger partial charge >= 0.3 is 0 Å². The molecular formula is C27H25ClN2O3. The van der Waals surface area contributed by atoms with Crippen LogP contribution in [0.4, 0.5) is 5.69 Å². The van der Waals surface area contributed by atoms with Crippen LogP contribution in [0.2, 0.25) is 5.02 Å². The zero-order chi connectivity index (χ0) is 23.7. The fourth-order valence-corrected chi connectivity index (χ4v) is 4.20. The first-order valence-electron chi connectivity index (χ1n) is 10.6. The van der Waals surface area contributed by atoms with Crippen LogP contribution in [0.15, 0.2) is 66.4 Å². The lowest BCUT2D eigenvalue weighted by Crippen LogP contribution is -2.32. The molecule has 0 aliphatic carbocycles. The van der Waals surface area contributed by atoms with Gasteiger partial charge in [0.05, 0.1) is 24.3 Å². The lowest BCUT2D eigenvalue weighted by atomic mass is 9.97. The first-order chi connectivity index (χ1) is 15.8. The first kappa shape index (κ1) is 22.6. The molecule has 2 amide bonds. The summed E-state index contributed by atoms with van der Waals surface area (Å²) >= 11 is 6.28. The molecule has 3 aromatic rings. The quantitative estimate of drug-likeness (QED) is 0.482. The second kappa shape index (κ2) is 9.12. The van der Waals surface area contributed by atoms with Gasteiger partial charge in [-0.15, -0.1) is 0 Å². The van der Waals surface area contributed by atoms with E-state index in [1.54, 1.807) is 18.2 Å². The summed E-state index contributed by atoms with van der Waals surface area (Å²) < 4.78 is 5.22. The molecule has 0 spiro atoms. The van der Waals surface area contributed by atoms with Gasteiger partial charge in [0, 0.05) is 5.69 Å². The molecule has 0 aromatic heterocycles. The molecule has 0 atom stereocenters. The number of carbonyl (C=O) groups excluding carboxylic acids is 2. The van der Waals surface area contributed by atoms with Gasteiger partial charge in [-0.2, -0.15) is 0 Å². The molecule has 0 unspecified atom stereocenters. The van der Waals surface area contributed by atoms with Gasteiger partial charge in [-0.1, -0.05) is 65.2 Å². The molecule has 1 heterocycles. The molecule has 4 rings (SSSR count). The smallest absolute Gasteiger partial charge is 0.278 e. The summed E-state index contributed by atoms with van der Waals surface area (Å²) in [7, 11) is 1.54. The summed E-state index contributed by atoms with van der Waals surface area (Å²) in [5, 5.41) is 3.56. The summed E-state index contributed by atoms with van der Waals surface area (Å²) in [5.74, 6) is -0.169. The second-order valence-electron chi connectivity index (χ2n) is 8.22. The molecule has 33 heavy (non-hydrogen) atoms. The SMILES string of the molecule is COc1ccc(NC2=C(c3ccc(C)cc3C)C(=O)N(Cc3ccc(C)cc3)C2=O)cc1Cl. The van der Waals surface area contributed by atoms with E-state index in [0.717, 1.165) is 27.8 Å². The number of nitrogens with one attached hydrogen (secondary N) is 1. The van der Waals surface area contributed by atoms with Crippen molar-refractivity contribution in [3.05, 3.63) is 99.2 Å². The van der Waals surface area contributed by atoms with E-state index in [2.05, 4.69) is 5.32 Å². The van der Waals surface area contributed by atoms with E-state index >= 15 is 0 Å². The average Bonchev–Trinajstić information content (AvgIpc) is 3.00. The van der Waals surface area contributed by atoms with E-state index in [-0.39, 0.29) is 24.1 Å². The van der Waals surface area contributed by atoms with Crippen molar-refractivity contribution in [2.45, 2.75) is 27.3 Å². The Morgan fingerprint density at radius 2 is 1.58 bits per heavy atom. The van der Waals surface area contributed by atoms with Gasteiger partial charge in [-0.25, -0.2) is 0 Å². The Morgan fingerprint density at radius 3 is 2.21 bits per heavy atom. The zero-order valence-electron chi connectivity index (χ0n) is 19.0. The van der Waals surface area contributed by atoms with Crippen molar-refractivity contribution in [3.8, 4) is 5.75 Å². The maximum absolute atomic E-state index is 13.6. The number of halogens is 1. The van der Waals surface area contributed by atoms with Crippen LogP contribution in [0.1, 0.15) is 27.8 Å². The third-order valence-electron chi connectivity index (χ3n) is 5.70. The summed E-state index contributed by atoms with van der Waals surface area (Å²) in [6, 6.07) is 18.8. The fourth-order valence-electron chi connectivity index (χ4n) is 3.94. The predicted octanol–water partition coefficient (Wildman–Crippen LogP) is 5.67. The lowest BCUT2D eigenvalue weighted by molar-refractivity contribution is -0.137. The van der Waals surface area contributed by atoms with Crippen molar-refractivity contribution in [3.63, 3.8) is 0 Å². The minimum absolute atomic E-state index is 0.195. The fraction of sp³-hybridized carbons (Fsp3) is 0.185. The van der Waals surface area contributed by atoms with Crippen LogP contribution >= 0.6 is 11.6 Å². The van der Waals surface area contributed by atoms with Gasteiger partial charge in [0.1, 0.15) is 11.4 Å². The Morgan fingerprint density at radius 1 is 0.879 bits per heavy atom. The molecule has 0 saturated heterocycles. The zero-order valence-corrected chi connectivity index (χ0v) is 19.8. The van der Waals surface area contributed by atoms with E-state index < -0.39 is 0 Å². The van der Waals surface area contributed by atoms with E-state index in [1.807, 2.05) is 63.2 Å². The van der Waals surface area contributed by atoms with Crippen LogP contribution in [0.5, 0.6) is 5.75 Å². The molecule has 6 heteroatoms. The van der Waals surface area contributed by atoms with Gasteiger partial charge < -0.3 is 10.1 Å². The number of rotatable bonds is 6. The number of carbonyl (C=O) groups is 2. The molecule has 5 nitrogen and oxygen atoms in total. The Kier molecular flexibility index (Phi) is 6.25. The molecule has 1 N–H and O–H groups in total. The van der Waals surface area contributed by atoms with Crippen LogP contribution in [-0.2, 0) is 16.1 Å². The van der Waals surface area contributed by atoms with Crippen LogP contribution in [0.3, 0.4) is 0 Å². The number of methoxy groups -OCH3 is 1. The number of amides is 2. The highest BCUT2D eigenvalue weighted by atomic mass is 35.5. The number of anilines is 1. The predicted molar refractivity (Wildman–Crippen MR) is 131 cm³/mol. The molecule has 0 bridgehead atoms. The Balaban J connectivity index is 1.77. The van der Waals surface area contributed by atoms with E-state index in [4.69, 9.17) is 16.3 Å². The lowest BCUT2D eigenvalue weighted by Gasteiger charge is -2.16. The number of benzene rings is 3. The number of nitrogens with zero attached hydrogens (tertiary/aromatic N) is 1. The highest BCUT2D eigenvalue weighted by Crippen LogP contribution is 2.35. The molecular weight excluding hydrogens is 436 g/mol.